The first-order valence-electron chi connectivity index (χ1n) is 5.98. The van der Waals surface area contributed by atoms with Crippen LogP contribution in [0.5, 0.6) is 0 Å². The van der Waals surface area contributed by atoms with Gasteiger partial charge in [0.1, 0.15) is 5.60 Å². The molecule has 1 atom stereocenters. The normalized spacial score (nSPS) is 18.6. The summed E-state index contributed by atoms with van der Waals surface area (Å²) in [6.45, 7) is 5.69. The molecule has 0 fully saturated rings. The molecule has 0 aliphatic heterocycles. The molecule has 1 aliphatic rings. The van der Waals surface area contributed by atoms with Crippen molar-refractivity contribution in [3.63, 3.8) is 0 Å². The molecule has 1 amide bonds. The lowest BCUT2D eigenvalue weighted by Gasteiger charge is -2.28. The Balaban J connectivity index is 2.01. The molecule has 3 nitrogen and oxygen atoms in total. The molecule has 5 heteroatoms. The molecule has 0 bridgehead atoms. The third kappa shape index (κ3) is 2.99. The van der Waals surface area contributed by atoms with Gasteiger partial charge in [0.05, 0.1) is 0 Å². The minimum atomic E-state index is -0.427. The maximum Gasteiger partial charge on any atom is 0.410 e. The van der Waals surface area contributed by atoms with E-state index < -0.39 is 5.60 Å². The highest BCUT2D eigenvalue weighted by atomic mass is 127. The number of nitrogens with zero attached hydrogens (tertiary/aromatic N) is 1. The lowest BCUT2D eigenvalue weighted by Crippen LogP contribution is -2.41. The van der Waals surface area contributed by atoms with Crippen molar-refractivity contribution >= 4 is 40.0 Å². The monoisotopic (exact) mass is 379 g/mol. The summed E-state index contributed by atoms with van der Waals surface area (Å²) in [5.74, 6) is 0. The fraction of sp³-hybridized carbons (Fsp3) is 0.615. The van der Waals surface area contributed by atoms with Crippen molar-refractivity contribution in [3.05, 3.63) is 19.4 Å². The van der Waals surface area contributed by atoms with E-state index in [2.05, 4.69) is 28.0 Å². The van der Waals surface area contributed by atoms with Crippen molar-refractivity contribution in [2.75, 3.05) is 7.05 Å². The molecular formula is C13H18INO2S. The molecular weight excluding hydrogens is 361 g/mol. The highest BCUT2D eigenvalue weighted by molar-refractivity contribution is 14.1. The van der Waals surface area contributed by atoms with Crippen LogP contribution in [0, 0.1) is 3.57 Å². The van der Waals surface area contributed by atoms with Crippen molar-refractivity contribution in [2.24, 2.45) is 0 Å². The fourth-order valence-electron chi connectivity index (χ4n) is 2.06. The van der Waals surface area contributed by atoms with Crippen LogP contribution < -0.4 is 0 Å². The van der Waals surface area contributed by atoms with Crippen LogP contribution in [0.4, 0.5) is 4.79 Å². The van der Waals surface area contributed by atoms with Gasteiger partial charge in [0.25, 0.3) is 0 Å². The van der Waals surface area contributed by atoms with E-state index in [1.807, 2.05) is 27.8 Å². The van der Waals surface area contributed by atoms with Gasteiger partial charge in [0.2, 0.25) is 0 Å². The smallest absolute Gasteiger partial charge is 0.410 e. The molecule has 0 saturated carbocycles. The Morgan fingerprint density at radius 2 is 2.17 bits per heavy atom. The number of carbonyl (C=O) groups is 1. The number of hydrogen-bond donors (Lipinski definition) is 0. The summed E-state index contributed by atoms with van der Waals surface area (Å²) in [6.07, 6.45) is 1.68. The maximum atomic E-state index is 12.0. The summed E-state index contributed by atoms with van der Waals surface area (Å²) in [6, 6.07) is 0.246. The van der Waals surface area contributed by atoms with Gasteiger partial charge in [-0.25, -0.2) is 4.79 Å². The predicted molar refractivity (Wildman–Crippen MR) is 82.2 cm³/mol. The number of carbonyl (C=O) groups excluding carboxylic acids is 1. The van der Waals surface area contributed by atoms with E-state index in [0.717, 1.165) is 12.8 Å². The summed E-state index contributed by atoms with van der Waals surface area (Å²) >= 11 is 4.17. The average molecular weight is 379 g/mol. The molecule has 100 valence electrons. The number of likely N-dealkylation sites (N-methyl/N-ethyl adjacent to an activating group) is 1. The largest absolute Gasteiger partial charge is 0.444 e. The maximum absolute atomic E-state index is 12.0. The second-order valence-corrected chi connectivity index (χ2v) is 7.77. The second kappa shape index (κ2) is 5.00. The molecule has 1 aromatic heterocycles. The molecule has 18 heavy (non-hydrogen) atoms. The Morgan fingerprint density at radius 1 is 1.50 bits per heavy atom. The Morgan fingerprint density at radius 3 is 2.72 bits per heavy atom. The van der Waals surface area contributed by atoms with Gasteiger partial charge in [-0.3, -0.25) is 0 Å². The molecule has 1 aromatic rings. The molecule has 1 unspecified atom stereocenters. The third-order valence-corrected chi connectivity index (χ3v) is 5.46. The van der Waals surface area contributed by atoms with Gasteiger partial charge in [-0.15, -0.1) is 11.3 Å². The van der Waals surface area contributed by atoms with E-state index in [1.165, 1.54) is 14.0 Å². The molecule has 0 aromatic carbocycles. The first kappa shape index (κ1) is 14.1. The van der Waals surface area contributed by atoms with E-state index in [1.54, 1.807) is 16.2 Å². The molecule has 2 rings (SSSR count). The van der Waals surface area contributed by atoms with E-state index in [4.69, 9.17) is 4.74 Å². The Hall–Kier alpha value is -0.300. The number of rotatable bonds is 1. The van der Waals surface area contributed by atoms with Crippen LogP contribution in [-0.2, 0) is 17.6 Å². The summed E-state index contributed by atoms with van der Waals surface area (Å²) in [4.78, 5) is 15.2. The zero-order valence-corrected chi connectivity index (χ0v) is 14.1. The highest BCUT2D eigenvalue weighted by Gasteiger charge is 2.32. The molecule has 0 radical (unpaired) electrons. The summed E-state index contributed by atoms with van der Waals surface area (Å²) in [5, 5.41) is 2.19. The quantitative estimate of drug-likeness (QED) is 0.697. The molecule has 0 spiro atoms. The van der Waals surface area contributed by atoms with Gasteiger partial charge in [-0.05, 0) is 55.3 Å². The van der Waals surface area contributed by atoms with E-state index in [-0.39, 0.29) is 12.1 Å². The lowest BCUT2D eigenvalue weighted by molar-refractivity contribution is 0.0230. The molecule has 1 heterocycles. The predicted octanol–water partition coefficient (Wildman–Crippen LogP) is 3.69. The van der Waals surface area contributed by atoms with Crippen molar-refractivity contribution < 1.29 is 9.53 Å². The van der Waals surface area contributed by atoms with E-state index in [0.29, 0.717) is 0 Å². The standard InChI is InChI=1S/C13H18INO2S/c1-13(2,3)17-12(16)15(4)8-5-9-10(14)7-18-11(9)6-8/h7-8H,5-6H2,1-4H3. The average Bonchev–Trinajstić information content (AvgIpc) is 2.77. The first-order valence-corrected chi connectivity index (χ1v) is 7.94. The summed E-state index contributed by atoms with van der Waals surface area (Å²) in [7, 11) is 1.84. The van der Waals surface area contributed by atoms with Gasteiger partial charge in [-0.1, -0.05) is 0 Å². The van der Waals surface area contributed by atoms with Gasteiger partial charge < -0.3 is 9.64 Å². The van der Waals surface area contributed by atoms with E-state index in [9.17, 15) is 4.79 Å². The van der Waals surface area contributed by atoms with Crippen LogP contribution in [0.15, 0.2) is 5.38 Å². The Kier molecular flexibility index (Phi) is 3.92. The van der Waals surface area contributed by atoms with Crippen LogP contribution in [-0.4, -0.2) is 29.7 Å². The Bertz CT molecular complexity index is 464. The van der Waals surface area contributed by atoms with Crippen LogP contribution in [0.3, 0.4) is 0 Å². The molecule has 0 saturated heterocycles. The third-order valence-electron chi connectivity index (χ3n) is 3.02. The molecule has 1 aliphatic carbocycles. The minimum Gasteiger partial charge on any atom is -0.444 e. The fourth-order valence-corrected chi connectivity index (χ4v) is 4.18. The van der Waals surface area contributed by atoms with Crippen LogP contribution in [0.25, 0.3) is 0 Å². The zero-order valence-electron chi connectivity index (χ0n) is 11.1. The first-order chi connectivity index (χ1) is 8.28. The van der Waals surface area contributed by atoms with Crippen LogP contribution in [0.2, 0.25) is 0 Å². The van der Waals surface area contributed by atoms with Crippen LogP contribution >= 0.6 is 33.9 Å². The highest BCUT2D eigenvalue weighted by Crippen LogP contribution is 2.34. The van der Waals surface area contributed by atoms with Crippen molar-refractivity contribution in [2.45, 2.75) is 45.3 Å². The number of hydrogen-bond acceptors (Lipinski definition) is 3. The molecule has 0 N–H and O–H groups in total. The lowest BCUT2D eigenvalue weighted by atomic mass is 10.2. The SMILES string of the molecule is CN(C(=O)OC(C)(C)C)C1Cc2scc(I)c2C1. The van der Waals surface area contributed by atoms with Gasteiger partial charge in [0.15, 0.2) is 0 Å². The van der Waals surface area contributed by atoms with Gasteiger partial charge in [-0.2, -0.15) is 0 Å². The van der Waals surface area contributed by atoms with Gasteiger partial charge >= 0.3 is 6.09 Å². The number of thiophene rings is 1. The van der Waals surface area contributed by atoms with E-state index >= 15 is 0 Å². The van der Waals surface area contributed by atoms with Crippen molar-refractivity contribution in [1.29, 1.82) is 0 Å². The summed E-state index contributed by atoms with van der Waals surface area (Å²) < 4.78 is 6.73. The van der Waals surface area contributed by atoms with Crippen molar-refractivity contribution in [1.82, 2.24) is 4.90 Å². The van der Waals surface area contributed by atoms with Crippen molar-refractivity contribution in [3.8, 4) is 0 Å². The topological polar surface area (TPSA) is 29.5 Å². The number of ether oxygens (including phenoxy) is 1. The number of amides is 1. The number of halogens is 1. The van der Waals surface area contributed by atoms with Gasteiger partial charge in [0, 0.05) is 33.3 Å². The number of fused-ring (bicyclic) bond motifs is 1. The minimum absolute atomic E-state index is 0.224. The summed E-state index contributed by atoms with van der Waals surface area (Å²) in [5.41, 5.74) is 0.990. The Labute approximate surface area is 126 Å². The second-order valence-electron chi connectivity index (χ2n) is 5.64. The zero-order chi connectivity index (χ0) is 13.5. The van der Waals surface area contributed by atoms with Crippen LogP contribution in [0.1, 0.15) is 31.2 Å².